The molecule has 0 bridgehead atoms. The summed E-state index contributed by atoms with van der Waals surface area (Å²) in [5.41, 5.74) is 0.375. The van der Waals surface area contributed by atoms with Gasteiger partial charge in [-0.1, -0.05) is 0 Å². The molecule has 4 rings (SSSR count). The summed E-state index contributed by atoms with van der Waals surface area (Å²) in [5.74, 6) is -0.611. The molecule has 1 aromatic rings. The molecule has 0 saturated carbocycles. The Morgan fingerprint density at radius 3 is 2.97 bits per heavy atom. The fourth-order valence-corrected chi connectivity index (χ4v) is 5.55. The van der Waals surface area contributed by atoms with Gasteiger partial charge in [-0.2, -0.15) is 0 Å². The summed E-state index contributed by atoms with van der Waals surface area (Å²) in [4.78, 5) is 35.8. The van der Waals surface area contributed by atoms with Crippen LogP contribution in [0.5, 0.6) is 0 Å². The Morgan fingerprint density at radius 2 is 2.27 bits per heavy atom. The number of ether oxygens (including phenoxy) is 1. The van der Waals surface area contributed by atoms with Crippen LogP contribution in [-0.2, 0) is 18.3 Å². The van der Waals surface area contributed by atoms with E-state index in [0.717, 1.165) is 35.6 Å². The van der Waals surface area contributed by atoms with Crippen molar-refractivity contribution in [3.8, 4) is 0 Å². The Bertz CT molecular complexity index is 976. The first-order valence-corrected chi connectivity index (χ1v) is 11.6. The van der Waals surface area contributed by atoms with Crippen molar-refractivity contribution in [2.24, 2.45) is 5.92 Å². The summed E-state index contributed by atoms with van der Waals surface area (Å²) in [5, 5.41) is 0. The van der Waals surface area contributed by atoms with Crippen LogP contribution in [0, 0.1) is 11.7 Å². The Kier molecular flexibility index (Phi) is 6.07. The zero-order valence-corrected chi connectivity index (χ0v) is 17.6. The zero-order valence-electron chi connectivity index (χ0n) is 16.6. The van der Waals surface area contributed by atoms with Gasteiger partial charge in [-0.15, -0.1) is 0 Å². The standard InChI is InChI=1S/C19H26FN2O7P/c1-11(2)13-5-3-12(4-6-13)9-26-30(25)27-10-16-15(29-30)7-17(28-16)22-8-14(20)18(23)21-19(22)24/h3,8,13,15-17,25,30H,1,4-7,9-10H2,2H3,(H,21,23,24)/t13-,15+,16-,17-/m1/s1. The van der Waals surface area contributed by atoms with E-state index in [2.05, 4.69) is 12.7 Å². The molecular weight excluding hydrogens is 418 g/mol. The second kappa shape index (κ2) is 8.45. The molecule has 2 saturated heterocycles. The van der Waals surface area contributed by atoms with Gasteiger partial charge in [0.25, 0.3) is 0 Å². The summed E-state index contributed by atoms with van der Waals surface area (Å²) in [6.45, 7) is 6.28. The van der Waals surface area contributed by atoms with Crippen LogP contribution in [0.15, 0.2) is 39.6 Å². The van der Waals surface area contributed by atoms with Gasteiger partial charge in [-0.25, -0.2) is 0 Å². The van der Waals surface area contributed by atoms with E-state index in [1.165, 1.54) is 5.57 Å². The summed E-state index contributed by atoms with van der Waals surface area (Å²) >= 11 is 0. The number of hydrogen-bond donors (Lipinski definition) is 2. The number of halogens is 1. The molecule has 0 radical (unpaired) electrons. The molecule has 11 heteroatoms. The molecule has 2 fully saturated rings. The van der Waals surface area contributed by atoms with Crippen LogP contribution in [0.25, 0.3) is 0 Å². The van der Waals surface area contributed by atoms with Gasteiger partial charge in [0.05, 0.1) is 0 Å². The number of allylic oxidation sites excluding steroid dienone is 2. The van der Waals surface area contributed by atoms with Gasteiger partial charge in [-0.3, -0.25) is 0 Å². The van der Waals surface area contributed by atoms with Gasteiger partial charge in [0.15, 0.2) is 0 Å². The molecule has 0 unspecified atom stereocenters. The van der Waals surface area contributed by atoms with E-state index in [1.807, 2.05) is 11.9 Å². The van der Waals surface area contributed by atoms with Crippen molar-refractivity contribution in [3.05, 3.63) is 56.7 Å². The SMILES string of the molecule is C=C(C)[C@@H]1CC=C(CO[PH]2(O)OC[C@H]3O[C@@H](n4cc(F)c(=O)[nH]c4=O)C[C@@H]3O2)CC1. The van der Waals surface area contributed by atoms with E-state index in [9.17, 15) is 18.9 Å². The van der Waals surface area contributed by atoms with Crippen LogP contribution in [0.4, 0.5) is 4.39 Å². The molecule has 30 heavy (non-hydrogen) atoms. The number of aromatic amines is 1. The predicted molar refractivity (Wildman–Crippen MR) is 107 cm³/mol. The first-order chi connectivity index (χ1) is 14.2. The molecular formula is C19H26FN2O7P. The van der Waals surface area contributed by atoms with E-state index in [0.29, 0.717) is 5.92 Å². The first kappa shape index (κ1) is 21.5. The van der Waals surface area contributed by atoms with Gasteiger partial charge < -0.3 is 0 Å². The monoisotopic (exact) mass is 444 g/mol. The van der Waals surface area contributed by atoms with Crippen molar-refractivity contribution < 1.29 is 27.6 Å². The first-order valence-electron chi connectivity index (χ1n) is 9.92. The normalized spacial score (nSPS) is 31.6. The quantitative estimate of drug-likeness (QED) is 0.528. The number of fused-ring (bicyclic) bond motifs is 1. The molecule has 1 aliphatic carbocycles. The average Bonchev–Trinajstić information content (AvgIpc) is 3.12. The zero-order chi connectivity index (χ0) is 21.5. The molecule has 166 valence electrons. The second-order valence-electron chi connectivity index (χ2n) is 7.97. The minimum atomic E-state index is -3.87. The second-order valence-corrected chi connectivity index (χ2v) is 9.83. The van der Waals surface area contributed by atoms with Crippen LogP contribution >= 0.6 is 8.17 Å². The van der Waals surface area contributed by atoms with Gasteiger partial charge in [0, 0.05) is 0 Å². The third-order valence-electron chi connectivity index (χ3n) is 5.79. The summed E-state index contributed by atoms with van der Waals surface area (Å²) < 4.78 is 37.0. The molecule has 4 atom stereocenters. The molecule has 3 aliphatic rings. The number of aromatic nitrogens is 2. The van der Waals surface area contributed by atoms with Gasteiger partial charge in [0.1, 0.15) is 0 Å². The van der Waals surface area contributed by atoms with E-state index in [-0.39, 0.29) is 19.6 Å². The third kappa shape index (κ3) is 4.49. The van der Waals surface area contributed by atoms with E-state index in [4.69, 9.17) is 18.3 Å². The Morgan fingerprint density at radius 1 is 1.47 bits per heavy atom. The van der Waals surface area contributed by atoms with Crippen LogP contribution in [-0.4, -0.2) is 39.9 Å². The maximum absolute atomic E-state index is 13.6. The molecule has 1 aromatic heterocycles. The van der Waals surface area contributed by atoms with Crippen LogP contribution in [0.1, 0.15) is 38.8 Å². The van der Waals surface area contributed by atoms with Crippen molar-refractivity contribution in [1.82, 2.24) is 9.55 Å². The Balaban J connectivity index is 1.37. The van der Waals surface area contributed by atoms with Crippen LogP contribution in [0.2, 0.25) is 0 Å². The van der Waals surface area contributed by atoms with E-state index in [1.54, 1.807) is 0 Å². The van der Waals surface area contributed by atoms with Crippen molar-refractivity contribution in [1.29, 1.82) is 0 Å². The van der Waals surface area contributed by atoms with Gasteiger partial charge in [0.2, 0.25) is 0 Å². The van der Waals surface area contributed by atoms with Crippen molar-refractivity contribution >= 4 is 8.17 Å². The topological polar surface area (TPSA) is 112 Å². The molecule has 0 spiro atoms. The van der Waals surface area contributed by atoms with Crippen molar-refractivity contribution in [2.75, 3.05) is 13.2 Å². The molecule has 0 amide bonds. The summed E-state index contributed by atoms with van der Waals surface area (Å²) in [6, 6.07) is 0. The number of H-pyrrole nitrogens is 1. The Labute approximate surface area is 172 Å². The summed E-state index contributed by atoms with van der Waals surface area (Å²) in [6.07, 6.45) is 3.89. The fourth-order valence-electron chi connectivity index (χ4n) is 3.96. The summed E-state index contributed by atoms with van der Waals surface area (Å²) in [7, 11) is -3.87. The molecule has 9 nitrogen and oxygen atoms in total. The third-order valence-corrected chi connectivity index (χ3v) is 7.43. The molecule has 0 aromatic carbocycles. The molecule has 2 N–H and O–H groups in total. The number of rotatable bonds is 5. The Hall–Kier alpha value is -1.68. The molecule has 2 aliphatic heterocycles. The predicted octanol–water partition coefficient (Wildman–Crippen LogP) is 2.10. The maximum atomic E-state index is 13.6. The van der Waals surface area contributed by atoms with E-state index >= 15 is 0 Å². The number of nitrogens with zero attached hydrogens (tertiary/aromatic N) is 1. The van der Waals surface area contributed by atoms with Crippen LogP contribution < -0.4 is 11.2 Å². The van der Waals surface area contributed by atoms with Crippen molar-refractivity contribution in [2.45, 2.75) is 51.0 Å². The minimum absolute atomic E-state index is 0.0290. The van der Waals surface area contributed by atoms with Crippen LogP contribution in [0.3, 0.4) is 0 Å². The average molecular weight is 444 g/mol. The van der Waals surface area contributed by atoms with Gasteiger partial charge >= 0.3 is 172 Å². The van der Waals surface area contributed by atoms with Gasteiger partial charge in [-0.05, 0) is 0 Å². The number of nitrogens with one attached hydrogen (secondary N) is 1. The number of hydrogen-bond acceptors (Lipinski definition) is 7. The fraction of sp³-hybridized carbons (Fsp3) is 0.579. The van der Waals surface area contributed by atoms with Crippen molar-refractivity contribution in [3.63, 3.8) is 0 Å². The molecule has 3 heterocycles. The van der Waals surface area contributed by atoms with E-state index < -0.39 is 43.7 Å².